The van der Waals surface area contributed by atoms with Crippen LogP contribution in [0.3, 0.4) is 0 Å². The standard InChI is InChI=1S/C29H20N3O2S.C2H4O2.Na/c33-28-27(35-29(32-28)31-24-10-11-25-22(15-24)12-13-30-25)17-23-14-20-8-4-5-9-21(20)16-26(23)34-18-19-6-2-1-3-7-19;1-2(3)4;/h1-17H,18H2,(H,31,32,33);1H3,(H,3,4);/q-1;;+1/b27-17+;;. The summed E-state index contributed by atoms with van der Waals surface area (Å²) >= 11 is 1.32. The third kappa shape index (κ3) is 7.43. The van der Waals surface area contributed by atoms with E-state index in [4.69, 9.17) is 14.6 Å². The van der Waals surface area contributed by atoms with Gasteiger partial charge in [0.25, 0.3) is 11.9 Å². The van der Waals surface area contributed by atoms with Gasteiger partial charge < -0.3 is 20.1 Å². The number of benzene rings is 4. The number of rotatable bonds is 5. The van der Waals surface area contributed by atoms with Crippen LogP contribution in [0.15, 0.2) is 107 Å². The maximum atomic E-state index is 12.8. The largest absolute Gasteiger partial charge is 1.00 e. The second-order valence-electron chi connectivity index (χ2n) is 8.70. The third-order valence-electron chi connectivity index (χ3n) is 5.76. The summed E-state index contributed by atoms with van der Waals surface area (Å²) < 4.78 is 6.21. The number of nitrogens with one attached hydrogen (secondary N) is 1. The molecule has 0 unspecified atom stereocenters. The molecule has 0 spiro atoms. The fourth-order valence-electron chi connectivity index (χ4n) is 4.01. The molecule has 6 rings (SSSR count). The first-order valence-corrected chi connectivity index (χ1v) is 13.0. The summed E-state index contributed by atoms with van der Waals surface area (Å²) in [6.07, 6.45) is 3.65. The van der Waals surface area contributed by atoms with Gasteiger partial charge in [0.15, 0.2) is 5.17 Å². The maximum Gasteiger partial charge on any atom is 1.00 e. The molecule has 2 N–H and O–H groups in total. The van der Waals surface area contributed by atoms with Crippen LogP contribution in [-0.4, -0.2) is 22.2 Å². The van der Waals surface area contributed by atoms with Crippen LogP contribution in [0, 0.1) is 0 Å². The number of carboxylic acids is 1. The molecule has 9 heteroatoms. The van der Waals surface area contributed by atoms with Gasteiger partial charge in [0.2, 0.25) is 0 Å². The number of carboxylic acid groups (broad SMARTS) is 1. The Morgan fingerprint density at radius 3 is 2.42 bits per heavy atom. The first-order chi connectivity index (χ1) is 18.9. The van der Waals surface area contributed by atoms with Gasteiger partial charge in [-0.05, 0) is 63.8 Å². The Hall–Kier alpha value is -3.82. The first kappa shape index (κ1) is 29.2. The molecule has 1 fully saturated rings. The monoisotopic (exact) mass is 557 g/mol. The van der Waals surface area contributed by atoms with Crippen LogP contribution >= 0.6 is 11.8 Å². The van der Waals surface area contributed by atoms with Gasteiger partial charge in [-0.1, -0.05) is 66.7 Å². The Kier molecular flexibility index (Phi) is 9.84. The zero-order chi connectivity index (χ0) is 27.2. The van der Waals surface area contributed by atoms with Gasteiger partial charge in [-0.25, -0.2) is 4.99 Å². The van der Waals surface area contributed by atoms with E-state index >= 15 is 0 Å². The minimum Gasteiger partial charge on any atom is -0.664 e. The number of carbonyl (C=O) groups is 2. The Bertz CT molecular complexity index is 1730. The molecule has 0 saturated carbocycles. The Morgan fingerprint density at radius 1 is 0.975 bits per heavy atom. The van der Waals surface area contributed by atoms with Crippen molar-refractivity contribution >= 4 is 62.2 Å². The van der Waals surface area contributed by atoms with Gasteiger partial charge in [0, 0.05) is 12.5 Å². The normalized spacial score (nSPS) is 14.5. The van der Waals surface area contributed by atoms with E-state index in [1.165, 1.54) is 11.8 Å². The van der Waals surface area contributed by atoms with Gasteiger partial charge in [0.05, 0.1) is 10.6 Å². The summed E-state index contributed by atoms with van der Waals surface area (Å²) in [5, 5.41) is 14.0. The SMILES string of the molecule is CC(=O)O.O=C1NC(=Nc2ccc3[n-]ccc3c2)S/C1=C/c1cc2ccccc2cc1OCc1ccccc1.[Na+]. The van der Waals surface area contributed by atoms with E-state index in [2.05, 4.69) is 33.5 Å². The number of thioether (sulfide) groups is 1. The summed E-state index contributed by atoms with van der Waals surface area (Å²) in [5.41, 5.74) is 3.63. The van der Waals surface area contributed by atoms with Crippen molar-refractivity contribution in [2.75, 3.05) is 0 Å². The van der Waals surface area contributed by atoms with Gasteiger partial charge in [0.1, 0.15) is 12.4 Å². The number of amidine groups is 1. The molecule has 1 aliphatic heterocycles. The van der Waals surface area contributed by atoms with E-state index in [0.717, 1.165) is 51.2 Å². The fraction of sp³-hybridized carbons (Fsp3) is 0.0645. The van der Waals surface area contributed by atoms with Crippen LogP contribution in [-0.2, 0) is 16.2 Å². The van der Waals surface area contributed by atoms with Gasteiger partial charge in [-0.3, -0.25) is 9.59 Å². The number of aromatic nitrogens is 1. The van der Waals surface area contributed by atoms with E-state index in [9.17, 15) is 4.79 Å². The molecule has 0 aliphatic carbocycles. The smallest absolute Gasteiger partial charge is 0.664 e. The Labute approximate surface area is 257 Å². The number of hydrogen-bond acceptors (Lipinski definition) is 5. The molecule has 5 aromatic rings. The molecule has 1 saturated heterocycles. The molecule has 1 aromatic heterocycles. The molecule has 1 amide bonds. The average molecular weight is 558 g/mol. The van der Waals surface area contributed by atoms with Crippen molar-refractivity contribution in [3.8, 4) is 5.75 Å². The fourth-order valence-corrected chi connectivity index (χ4v) is 4.84. The van der Waals surface area contributed by atoms with Crippen molar-refractivity contribution in [1.29, 1.82) is 0 Å². The van der Waals surface area contributed by atoms with Crippen molar-refractivity contribution in [3.05, 3.63) is 113 Å². The molecule has 7 nitrogen and oxygen atoms in total. The zero-order valence-electron chi connectivity index (χ0n) is 22.0. The molecule has 40 heavy (non-hydrogen) atoms. The Morgan fingerprint density at radius 2 is 1.68 bits per heavy atom. The van der Waals surface area contributed by atoms with Gasteiger partial charge >= 0.3 is 29.6 Å². The zero-order valence-corrected chi connectivity index (χ0v) is 24.8. The number of ether oxygens (including phenoxy) is 1. The van der Waals surface area contributed by atoms with Crippen LogP contribution in [0.25, 0.3) is 27.8 Å². The van der Waals surface area contributed by atoms with E-state index < -0.39 is 5.97 Å². The molecule has 0 atom stereocenters. The number of hydrogen-bond donors (Lipinski definition) is 2. The van der Waals surface area contributed by atoms with Crippen LogP contribution in [0.1, 0.15) is 18.1 Å². The average Bonchev–Trinajstić information content (AvgIpc) is 3.53. The second kappa shape index (κ2) is 13.5. The summed E-state index contributed by atoms with van der Waals surface area (Å²) in [6, 6.07) is 30.0. The van der Waals surface area contributed by atoms with Crippen molar-refractivity contribution in [2.45, 2.75) is 13.5 Å². The molecule has 0 radical (unpaired) electrons. The van der Waals surface area contributed by atoms with E-state index in [0.29, 0.717) is 16.7 Å². The number of nitrogens with zero attached hydrogens (tertiary/aromatic N) is 2. The molecule has 4 aromatic carbocycles. The summed E-state index contributed by atoms with van der Waals surface area (Å²) in [4.78, 5) is 31.3. The van der Waals surface area contributed by atoms with Crippen LogP contribution < -0.4 is 44.6 Å². The topological polar surface area (TPSA) is 102 Å². The van der Waals surface area contributed by atoms with Crippen molar-refractivity contribution in [3.63, 3.8) is 0 Å². The number of carbonyl (C=O) groups excluding carboxylic acids is 1. The van der Waals surface area contributed by atoms with Crippen LogP contribution in [0.4, 0.5) is 5.69 Å². The first-order valence-electron chi connectivity index (χ1n) is 12.1. The molecule has 2 heterocycles. The third-order valence-corrected chi connectivity index (χ3v) is 6.67. The van der Waals surface area contributed by atoms with E-state index in [1.54, 1.807) is 6.20 Å². The molecule has 194 valence electrons. The van der Waals surface area contributed by atoms with Crippen molar-refractivity contribution in [2.24, 2.45) is 4.99 Å². The number of aliphatic imine (C=N–C) groups is 1. The predicted octanol–water partition coefficient (Wildman–Crippen LogP) is 3.52. The molecular formula is C31H24N3NaO4S. The number of aliphatic carboxylic acids is 1. The van der Waals surface area contributed by atoms with Crippen molar-refractivity contribution < 1.29 is 49.0 Å². The van der Waals surface area contributed by atoms with Crippen LogP contribution in [0.2, 0.25) is 0 Å². The number of fused-ring (bicyclic) bond motifs is 2. The molecule has 1 aliphatic rings. The minimum absolute atomic E-state index is 0. The van der Waals surface area contributed by atoms with Gasteiger partial charge in [-0.15, -0.1) is 5.52 Å². The Balaban J connectivity index is 0.000000695. The quantitative estimate of drug-likeness (QED) is 0.253. The molecular weight excluding hydrogens is 533 g/mol. The van der Waals surface area contributed by atoms with Crippen molar-refractivity contribution in [1.82, 2.24) is 10.3 Å². The predicted molar refractivity (Wildman–Crippen MR) is 156 cm³/mol. The van der Waals surface area contributed by atoms with Crippen LogP contribution in [0.5, 0.6) is 5.75 Å². The van der Waals surface area contributed by atoms with Gasteiger partial charge in [-0.2, -0.15) is 6.20 Å². The minimum atomic E-state index is -0.833. The summed E-state index contributed by atoms with van der Waals surface area (Å²) in [6.45, 7) is 1.53. The molecule has 0 bridgehead atoms. The van der Waals surface area contributed by atoms with E-state index in [-0.39, 0.29) is 35.5 Å². The van der Waals surface area contributed by atoms with E-state index in [1.807, 2.05) is 78.9 Å². The second-order valence-corrected chi connectivity index (χ2v) is 9.73. The number of amides is 1. The summed E-state index contributed by atoms with van der Waals surface area (Å²) in [7, 11) is 0. The maximum absolute atomic E-state index is 12.8. The summed E-state index contributed by atoms with van der Waals surface area (Å²) in [5.74, 6) is -0.278.